The van der Waals surface area contributed by atoms with Gasteiger partial charge in [0.25, 0.3) is 10.0 Å². The molecule has 0 saturated carbocycles. The molecule has 0 aliphatic carbocycles. The van der Waals surface area contributed by atoms with Gasteiger partial charge >= 0.3 is 0 Å². The molecule has 7 nitrogen and oxygen atoms in total. The average Bonchev–Trinajstić information content (AvgIpc) is 3.48. The molecule has 0 bridgehead atoms. The SMILES string of the molecule is O=C(Nc1cccc(COCC2CCCCO2)c1)C1CCCN1S(=O)(=O)c1cccs1. The first-order valence-electron chi connectivity index (χ1n) is 10.7. The highest BCUT2D eigenvalue weighted by atomic mass is 32.2. The molecule has 9 heteroatoms. The summed E-state index contributed by atoms with van der Waals surface area (Å²) in [5, 5.41) is 4.62. The Morgan fingerprint density at radius 2 is 2.10 bits per heavy atom. The summed E-state index contributed by atoms with van der Waals surface area (Å²) in [5.74, 6) is -0.300. The lowest BCUT2D eigenvalue weighted by molar-refractivity contribution is -0.119. The van der Waals surface area contributed by atoms with Crippen LogP contribution in [0.15, 0.2) is 46.0 Å². The largest absolute Gasteiger partial charge is 0.376 e. The topological polar surface area (TPSA) is 84.9 Å². The van der Waals surface area contributed by atoms with E-state index < -0.39 is 16.1 Å². The molecule has 168 valence electrons. The first kappa shape index (κ1) is 22.4. The van der Waals surface area contributed by atoms with Gasteiger partial charge in [-0.25, -0.2) is 8.42 Å². The Labute approximate surface area is 187 Å². The third-order valence-electron chi connectivity index (χ3n) is 5.61. The quantitative estimate of drug-likeness (QED) is 0.645. The maximum absolute atomic E-state index is 12.9. The summed E-state index contributed by atoms with van der Waals surface area (Å²) in [4.78, 5) is 12.9. The lowest BCUT2D eigenvalue weighted by Crippen LogP contribution is -2.42. The van der Waals surface area contributed by atoms with Crippen molar-refractivity contribution in [1.29, 1.82) is 0 Å². The lowest BCUT2D eigenvalue weighted by Gasteiger charge is -2.23. The van der Waals surface area contributed by atoms with Crippen molar-refractivity contribution >= 4 is 33.0 Å². The van der Waals surface area contributed by atoms with E-state index in [0.717, 1.165) is 25.0 Å². The molecule has 2 aliphatic rings. The first-order valence-corrected chi connectivity index (χ1v) is 13.0. The van der Waals surface area contributed by atoms with Crippen molar-refractivity contribution in [2.45, 2.75) is 55.1 Å². The Balaban J connectivity index is 1.35. The molecule has 1 N–H and O–H groups in total. The number of carbonyl (C=O) groups is 1. The highest BCUT2D eigenvalue weighted by Gasteiger charge is 2.39. The van der Waals surface area contributed by atoms with E-state index in [-0.39, 0.29) is 16.2 Å². The summed E-state index contributed by atoms with van der Waals surface area (Å²) in [6.45, 7) is 2.16. The first-order chi connectivity index (χ1) is 15.0. The summed E-state index contributed by atoms with van der Waals surface area (Å²) >= 11 is 1.17. The maximum Gasteiger partial charge on any atom is 0.253 e. The van der Waals surface area contributed by atoms with Crippen LogP contribution in [0.2, 0.25) is 0 Å². The van der Waals surface area contributed by atoms with Crippen LogP contribution in [0.4, 0.5) is 5.69 Å². The van der Waals surface area contributed by atoms with Gasteiger partial charge in [0.05, 0.1) is 19.3 Å². The third kappa shape index (κ3) is 5.53. The molecule has 2 aliphatic heterocycles. The van der Waals surface area contributed by atoms with E-state index in [1.54, 1.807) is 23.6 Å². The Morgan fingerprint density at radius 1 is 1.19 bits per heavy atom. The Hall–Kier alpha value is -1.78. The van der Waals surface area contributed by atoms with Gasteiger partial charge in [-0.05, 0) is 61.2 Å². The van der Waals surface area contributed by atoms with E-state index in [0.29, 0.717) is 38.3 Å². The molecule has 2 saturated heterocycles. The fourth-order valence-corrected chi connectivity index (χ4v) is 6.80. The van der Waals surface area contributed by atoms with Crippen molar-refractivity contribution in [3.8, 4) is 0 Å². The van der Waals surface area contributed by atoms with Crippen LogP contribution in [0.25, 0.3) is 0 Å². The number of thiophene rings is 1. The summed E-state index contributed by atoms with van der Waals surface area (Å²) in [5.41, 5.74) is 1.59. The van der Waals surface area contributed by atoms with Gasteiger partial charge in [-0.3, -0.25) is 4.79 Å². The minimum atomic E-state index is -3.65. The smallest absolute Gasteiger partial charge is 0.253 e. The number of rotatable bonds is 8. The van der Waals surface area contributed by atoms with Crippen LogP contribution in [-0.4, -0.2) is 50.5 Å². The van der Waals surface area contributed by atoms with Gasteiger partial charge in [0.15, 0.2) is 0 Å². The van der Waals surface area contributed by atoms with Gasteiger partial charge in [-0.1, -0.05) is 18.2 Å². The molecule has 2 fully saturated rings. The molecule has 2 atom stereocenters. The monoisotopic (exact) mass is 464 g/mol. The predicted octanol–water partition coefficient (Wildman–Crippen LogP) is 3.63. The number of benzene rings is 1. The molecule has 2 unspecified atom stereocenters. The molecule has 31 heavy (non-hydrogen) atoms. The predicted molar refractivity (Wildman–Crippen MR) is 120 cm³/mol. The Bertz CT molecular complexity index is 972. The van der Waals surface area contributed by atoms with Gasteiger partial charge in [-0.15, -0.1) is 11.3 Å². The number of sulfonamides is 1. The van der Waals surface area contributed by atoms with E-state index in [1.165, 1.54) is 22.1 Å². The van der Waals surface area contributed by atoms with Crippen molar-refractivity contribution in [1.82, 2.24) is 4.31 Å². The normalized spacial score (nSPS) is 22.5. The van der Waals surface area contributed by atoms with Gasteiger partial charge in [0.1, 0.15) is 10.3 Å². The maximum atomic E-state index is 12.9. The molecule has 0 spiro atoms. The fourth-order valence-electron chi connectivity index (χ4n) is 4.03. The lowest BCUT2D eigenvalue weighted by atomic mass is 10.1. The van der Waals surface area contributed by atoms with Crippen molar-refractivity contribution in [2.75, 3.05) is 25.1 Å². The average molecular weight is 465 g/mol. The fraction of sp³-hybridized carbons (Fsp3) is 0.500. The van der Waals surface area contributed by atoms with Gasteiger partial charge in [0, 0.05) is 18.8 Å². The van der Waals surface area contributed by atoms with Gasteiger partial charge in [0.2, 0.25) is 5.91 Å². The summed E-state index contributed by atoms with van der Waals surface area (Å²) in [6.07, 6.45) is 4.67. The molecule has 1 aromatic heterocycles. The number of nitrogens with zero attached hydrogens (tertiary/aromatic N) is 1. The van der Waals surface area contributed by atoms with Crippen molar-refractivity contribution in [2.24, 2.45) is 0 Å². The number of anilines is 1. The van der Waals surface area contributed by atoms with Crippen LogP contribution >= 0.6 is 11.3 Å². The second-order valence-corrected chi connectivity index (χ2v) is 11.0. The van der Waals surface area contributed by atoms with Crippen LogP contribution in [-0.2, 0) is 30.9 Å². The molecule has 1 aromatic carbocycles. The third-order valence-corrected chi connectivity index (χ3v) is 8.89. The molecule has 3 heterocycles. The van der Waals surface area contributed by atoms with Crippen LogP contribution in [0.5, 0.6) is 0 Å². The molecule has 4 rings (SSSR count). The molecular formula is C22H28N2O5S2. The second kappa shape index (κ2) is 10.2. The van der Waals surface area contributed by atoms with Crippen LogP contribution < -0.4 is 5.32 Å². The molecular weight excluding hydrogens is 436 g/mol. The van der Waals surface area contributed by atoms with E-state index >= 15 is 0 Å². The highest BCUT2D eigenvalue weighted by molar-refractivity contribution is 7.91. The summed E-state index contributed by atoms with van der Waals surface area (Å²) < 4.78 is 38.9. The van der Waals surface area contributed by atoms with E-state index in [2.05, 4.69) is 5.32 Å². The van der Waals surface area contributed by atoms with Crippen molar-refractivity contribution < 1.29 is 22.7 Å². The minimum Gasteiger partial charge on any atom is -0.376 e. The van der Waals surface area contributed by atoms with E-state index in [1.807, 2.05) is 18.2 Å². The van der Waals surface area contributed by atoms with Crippen LogP contribution in [0.1, 0.15) is 37.7 Å². The van der Waals surface area contributed by atoms with Gasteiger partial charge < -0.3 is 14.8 Å². The van der Waals surface area contributed by atoms with Gasteiger partial charge in [-0.2, -0.15) is 4.31 Å². The number of carbonyl (C=O) groups excluding carboxylic acids is 1. The van der Waals surface area contributed by atoms with E-state index in [9.17, 15) is 13.2 Å². The Morgan fingerprint density at radius 3 is 2.87 bits per heavy atom. The summed E-state index contributed by atoms with van der Waals surface area (Å²) in [7, 11) is -3.65. The van der Waals surface area contributed by atoms with Crippen molar-refractivity contribution in [3.63, 3.8) is 0 Å². The number of nitrogens with one attached hydrogen (secondary N) is 1. The standard InChI is InChI=1S/C22H28N2O5S2/c25-22(20-9-4-11-24(20)31(26,27)21-10-5-13-30-21)23-18-7-3-6-17(14-18)15-28-16-19-8-1-2-12-29-19/h3,5-7,10,13-14,19-20H,1-2,4,8-9,11-12,15-16H2,(H,23,25). The highest BCUT2D eigenvalue weighted by Crippen LogP contribution is 2.29. The minimum absolute atomic E-state index is 0.162. The van der Waals surface area contributed by atoms with Crippen LogP contribution in [0.3, 0.4) is 0 Å². The second-order valence-electron chi connectivity index (χ2n) is 7.90. The van der Waals surface area contributed by atoms with Crippen molar-refractivity contribution in [3.05, 3.63) is 47.3 Å². The number of hydrogen-bond acceptors (Lipinski definition) is 6. The van der Waals surface area contributed by atoms with E-state index in [4.69, 9.17) is 9.47 Å². The molecule has 0 radical (unpaired) electrons. The number of amides is 1. The number of ether oxygens (including phenoxy) is 2. The zero-order chi connectivity index (χ0) is 21.7. The molecule has 2 aromatic rings. The zero-order valence-electron chi connectivity index (χ0n) is 17.4. The van der Waals surface area contributed by atoms with Crippen LogP contribution in [0, 0.1) is 0 Å². The number of hydrogen-bond donors (Lipinski definition) is 1. The molecule has 1 amide bonds. The zero-order valence-corrected chi connectivity index (χ0v) is 19.0. The Kier molecular flexibility index (Phi) is 7.39. The summed E-state index contributed by atoms with van der Waals surface area (Å²) in [6, 6.07) is 10.1.